The summed E-state index contributed by atoms with van der Waals surface area (Å²) in [4.78, 5) is 12.4. The number of allylic oxidation sites excluding steroid dienone is 2. The molecule has 1 nitrogen and oxygen atoms in total. The summed E-state index contributed by atoms with van der Waals surface area (Å²) >= 11 is 9.47. The fraction of sp³-hybridized carbons (Fsp3) is 0.357. The molecule has 0 fully saturated rings. The van der Waals surface area contributed by atoms with E-state index in [1.54, 1.807) is 12.1 Å². The molecule has 0 saturated carbocycles. The second-order valence-electron chi connectivity index (χ2n) is 4.52. The Morgan fingerprint density at radius 1 is 1.35 bits per heavy atom. The van der Waals surface area contributed by atoms with Crippen molar-refractivity contribution in [3.8, 4) is 0 Å². The maximum atomic E-state index is 12.4. The van der Waals surface area contributed by atoms with Gasteiger partial charge >= 0.3 is 0 Å². The summed E-state index contributed by atoms with van der Waals surface area (Å²) in [6.07, 6.45) is 6.05. The second kappa shape index (κ2) is 5.36. The molecule has 1 aromatic carbocycles. The number of rotatable bonds is 2. The molecule has 2 unspecified atom stereocenters. The van der Waals surface area contributed by atoms with Crippen LogP contribution in [0.15, 0.2) is 34.8 Å². The van der Waals surface area contributed by atoms with Crippen LogP contribution < -0.4 is 0 Å². The third-order valence-electron chi connectivity index (χ3n) is 3.28. The molecule has 1 aliphatic rings. The minimum atomic E-state index is 0.0682. The number of hydrogen-bond donors (Lipinski definition) is 0. The number of halogens is 2. The van der Waals surface area contributed by atoms with Crippen LogP contribution in [0, 0.1) is 11.8 Å². The Labute approximate surface area is 115 Å². The zero-order valence-electron chi connectivity index (χ0n) is 9.62. The van der Waals surface area contributed by atoms with Gasteiger partial charge in [-0.1, -0.05) is 46.6 Å². The number of carbonyl (C=O) groups excluding carboxylic acids is 1. The highest BCUT2D eigenvalue weighted by molar-refractivity contribution is 9.10. The Kier molecular flexibility index (Phi) is 4.05. The van der Waals surface area contributed by atoms with Crippen LogP contribution >= 0.6 is 27.5 Å². The number of benzene rings is 1. The third-order valence-corrected chi connectivity index (χ3v) is 4.09. The van der Waals surface area contributed by atoms with E-state index in [2.05, 4.69) is 35.0 Å². The first-order valence-electron chi connectivity index (χ1n) is 5.74. The van der Waals surface area contributed by atoms with Gasteiger partial charge in [0.2, 0.25) is 0 Å². The minimum absolute atomic E-state index is 0.0682. The quantitative estimate of drug-likeness (QED) is 0.561. The minimum Gasteiger partial charge on any atom is -0.294 e. The molecule has 2 rings (SSSR count). The van der Waals surface area contributed by atoms with Crippen molar-refractivity contribution in [3.63, 3.8) is 0 Å². The third kappa shape index (κ3) is 2.80. The molecule has 90 valence electrons. The van der Waals surface area contributed by atoms with Crippen LogP contribution in [0.5, 0.6) is 0 Å². The summed E-state index contributed by atoms with van der Waals surface area (Å²) in [6.45, 7) is 2.12. The molecule has 17 heavy (non-hydrogen) atoms. The fourth-order valence-electron chi connectivity index (χ4n) is 2.20. The summed E-state index contributed by atoms with van der Waals surface area (Å²) in [5, 5.41) is 0.533. The number of carbonyl (C=O) groups is 1. The lowest BCUT2D eigenvalue weighted by molar-refractivity contribution is 0.0876. The number of ketones is 1. The van der Waals surface area contributed by atoms with Gasteiger partial charge in [-0.3, -0.25) is 4.79 Å². The van der Waals surface area contributed by atoms with E-state index in [-0.39, 0.29) is 11.7 Å². The van der Waals surface area contributed by atoms with E-state index in [1.165, 1.54) is 0 Å². The predicted octanol–water partition coefficient (Wildman–Crippen LogP) is 4.89. The summed E-state index contributed by atoms with van der Waals surface area (Å²) in [5.41, 5.74) is 0.641. The van der Waals surface area contributed by atoms with E-state index in [9.17, 15) is 4.79 Å². The normalized spacial score (nSPS) is 23.7. The van der Waals surface area contributed by atoms with Gasteiger partial charge < -0.3 is 0 Å². The maximum absolute atomic E-state index is 12.4. The molecular weight excluding hydrogens is 300 g/mol. The van der Waals surface area contributed by atoms with Crippen molar-refractivity contribution in [1.82, 2.24) is 0 Å². The van der Waals surface area contributed by atoms with Gasteiger partial charge in [-0.2, -0.15) is 0 Å². The van der Waals surface area contributed by atoms with Crippen molar-refractivity contribution in [2.45, 2.75) is 19.8 Å². The van der Waals surface area contributed by atoms with E-state index in [0.717, 1.165) is 17.3 Å². The molecule has 1 aliphatic carbocycles. The van der Waals surface area contributed by atoms with Gasteiger partial charge in [0.15, 0.2) is 5.78 Å². The second-order valence-corrected chi connectivity index (χ2v) is 5.84. The number of hydrogen-bond acceptors (Lipinski definition) is 1. The lowest BCUT2D eigenvalue weighted by atomic mass is 9.79. The zero-order valence-corrected chi connectivity index (χ0v) is 12.0. The Balaban J connectivity index is 2.27. The molecule has 0 amide bonds. The lowest BCUT2D eigenvalue weighted by Crippen LogP contribution is -2.23. The van der Waals surface area contributed by atoms with Gasteiger partial charge in [0.05, 0.1) is 5.02 Å². The van der Waals surface area contributed by atoms with Crippen LogP contribution in [0.4, 0.5) is 0 Å². The van der Waals surface area contributed by atoms with Crippen LogP contribution in [-0.4, -0.2) is 5.78 Å². The van der Waals surface area contributed by atoms with Crippen molar-refractivity contribution in [1.29, 1.82) is 0 Å². The van der Waals surface area contributed by atoms with Gasteiger partial charge in [-0.15, -0.1) is 0 Å². The fourth-order valence-corrected chi connectivity index (χ4v) is 2.97. The highest BCUT2D eigenvalue weighted by Crippen LogP contribution is 2.31. The molecule has 0 aromatic heterocycles. The Bertz CT molecular complexity index is 467. The van der Waals surface area contributed by atoms with Crippen molar-refractivity contribution < 1.29 is 4.79 Å². The van der Waals surface area contributed by atoms with E-state index in [1.807, 2.05) is 6.07 Å². The van der Waals surface area contributed by atoms with Crippen LogP contribution in [0.25, 0.3) is 0 Å². The van der Waals surface area contributed by atoms with Crippen molar-refractivity contribution in [3.05, 3.63) is 45.4 Å². The zero-order chi connectivity index (χ0) is 12.4. The van der Waals surface area contributed by atoms with Gasteiger partial charge in [0.25, 0.3) is 0 Å². The SMILES string of the molecule is CC1CC=CCC1C(=O)c1ccc(Br)cc1Cl. The number of Topliss-reactive ketones (excluding diaryl/α,β-unsaturated/α-hetero) is 1. The monoisotopic (exact) mass is 312 g/mol. The molecule has 0 bridgehead atoms. The average molecular weight is 314 g/mol. The molecule has 3 heteroatoms. The Morgan fingerprint density at radius 2 is 2.06 bits per heavy atom. The van der Waals surface area contributed by atoms with E-state index in [0.29, 0.717) is 16.5 Å². The van der Waals surface area contributed by atoms with Gasteiger partial charge in [-0.05, 0) is 37.0 Å². The maximum Gasteiger partial charge on any atom is 0.168 e. The predicted molar refractivity (Wildman–Crippen MR) is 74.5 cm³/mol. The molecule has 0 saturated heterocycles. The van der Waals surface area contributed by atoms with E-state index < -0.39 is 0 Å². The Morgan fingerprint density at radius 3 is 2.71 bits per heavy atom. The summed E-state index contributed by atoms with van der Waals surface area (Å²) < 4.78 is 0.899. The van der Waals surface area contributed by atoms with Gasteiger partial charge in [0, 0.05) is 16.0 Å². The van der Waals surface area contributed by atoms with E-state index >= 15 is 0 Å². The highest BCUT2D eigenvalue weighted by Gasteiger charge is 2.27. The summed E-state index contributed by atoms with van der Waals surface area (Å²) in [5.74, 6) is 0.630. The molecule has 0 aliphatic heterocycles. The van der Waals surface area contributed by atoms with Crippen LogP contribution in [0.2, 0.25) is 5.02 Å². The van der Waals surface area contributed by atoms with Crippen molar-refractivity contribution in [2.75, 3.05) is 0 Å². The first-order valence-corrected chi connectivity index (χ1v) is 6.91. The van der Waals surface area contributed by atoms with Gasteiger partial charge in [0.1, 0.15) is 0 Å². The van der Waals surface area contributed by atoms with Crippen LogP contribution in [-0.2, 0) is 0 Å². The summed E-state index contributed by atoms with van der Waals surface area (Å²) in [6, 6.07) is 5.44. The first kappa shape index (κ1) is 12.8. The average Bonchev–Trinajstić information content (AvgIpc) is 2.29. The lowest BCUT2D eigenvalue weighted by Gasteiger charge is -2.24. The standard InChI is InChI=1S/C14H14BrClO/c1-9-4-2-3-5-11(9)14(17)12-7-6-10(15)8-13(12)16/h2-3,6-9,11H,4-5H2,1H3. The van der Waals surface area contributed by atoms with Crippen molar-refractivity contribution in [2.24, 2.45) is 11.8 Å². The molecule has 0 heterocycles. The summed E-state index contributed by atoms with van der Waals surface area (Å²) in [7, 11) is 0. The molecule has 0 spiro atoms. The molecule has 2 atom stereocenters. The largest absolute Gasteiger partial charge is 0.294 e. The highest BCUT2D eigenvalue weighted by atomic mass is 79.9. The van der Waals surface area contributed by atoms with Crippen LogP contribution in [0.3, 0.4) is 0 Å². The van der Waals surface area contributed by atoms with Crippen molar-refractivity contribution >= 4 is 33.3 Å². The van der Waals surface area contributed by atoms with Crippen LogP contribution in [0.1, 0.15) is 30.1 Å². The van der Waals surface area contributed by atoms with E-state index in [4.69, 9.17) is 11.6 Å². The molecule has 1 aromatic rings. The van der Waals surface area contributed by atoms with Gasteiger partial charge in [-0.25, -0.2) is 0 Å². The first-order chi connectivity index (χ1) is 8.09. The molecule has 0 N–H and O–H groups in total. The topological polar surface area (TPSA) is 17.1 Å². The molecular formula is C14H14BrClO. The smallest absolute Gasteiger partial charge is 0.168 e. The Hall–Kier alpha value is -0.600. The molecule has 0 radical (unpaired) electrons.